The molecule has 2 aliphatic rings. The third-order valence-electron chi connectivity index (χ3n) is 5.32. The molecule has 0 spiro atoms. The molecule has 0 bridgehead atoms. The number of hydrogen-bond acceptors (Lipinski definition) is 4. The van der Waals surface area contributed by atoms with Gasteiger partial charge < -0.3 is 10.3 Å². The molecule has 1 aromatic heterocycles. The van der Waals surface area contributed by atoms with Gasteiger partial charge in [-0.1, -0.05) is 29.4 Å². The molecule has 5 heteroatoms. The highest BCUT2D eigenvalue weighted by Gasteiger charge is 2.43. The molecule has 1 atom stereocenters. The molecular weight excluding hydrogens is 298 g/mol. The molecule has 1 aromatic carbocycles. The largest absolute Gasteiger partial charge is 0.338 e. The fourth-order valence-corrected chi connectivity index (χ4v) is 3.70. The second kappa shape index (κ2) is 5.36. The molecule has 0 radical (unpaired) electrons. The highest BCUT2D eigenvalue weighted by atomic mass is 35.5. The standard InChI is InChI=1S/C17H21N3O.ClH/c1-16(9-4-7-12-6-2-3-8-13(12)16)15-19-14(20-21-15)17(18)10-5-11-17;/h2-3,6,8H,4-5,7,9-11,18H2,1H3;1H. The van der Waals surface area contributed by atoms with E-state index < -0.39 is 0 Å². The van der Waals surface area contributed by atoms with Gasteiger partial charge in [0.1, 0.15) is 0 Å². The Bertz CT molecular complexity index is 680. The molecule has 1 heterocycles. The van der Waals surface area contributed by atoms with E-state index >= 15 is 0 Å². The smallest absolute Gasteiger partial charge is 0.237 e. The first-order valence-corrected chi connectivity index (χ1v) is 7.84. The molecular formula is C17H22ClN3O. The summed E-state index contributed by atoms with van der Waals surface area (Å²) in [5.74, 6) is 1.41. The maximum atomic E-state index is 6.32. The summed E-state index contributed by atoms with van der Waals surface area (Å²) in [5.41, 5.74) is 8.51. The Kier molecular flexibility index (Phi) is 3.77. The first-order valence-electron chi connectivity index (χ1n) is 7.84. The van der Waals surface area contributed by atoms with E-state index in [9.17, 15) is 0 Å². The van der Waals surface area contributed by atoms with Gasteiger partial charge in [-0.05, 0) is 56.6 Å². The van der Waals surface area contributed by atoms with Crippen LogP contribution in [0.15, 0.2) is 28.8 Å². The zero-order valence-corrected chi connectivity index (χ0v) is 13.7. The van der Waals surface area contributed by atoms with Crippen LogP contribution in [0, 0.1) is 0 Å². The number of rotatable bonds is 2. The molecule has 1 unspecified atom stereocenters. The van der Waals surface area contributed by atoms with Gasteiger partial charge in [-0.2, -0.15) is 4.98 Å². The SMILES string of the molecule is CC1(c2nc(C3(N)CCC3)no2)CCCc2ccccc21.Cl. The van der Waals surface area contributed by atoms with Crippen LogP contribution in [0.2, 0.25) is 0 Å². The van der Waals surface area contributed by atoms with Crippen molar-refractivity contribution in [2.75, 3.05) is 0 Å². The fourth-order valence-electron chi connectivity index (χ4n) is 3.70. The molecule has 2 aliphatic carbocycles. The van der Waals surface area contributed by atoms with Gasteiger partial charge in [-0.3, -0.25) is 0 Å². The minimum absolute atomic E-state index is 0. The number of aryl methyl sites for hydroxylation is 1. The molecule has 2 N–H and O–H groups in total. The molecule has 0 saturated heterocycles. The van der Waals surface area contributed by atoms with Gasteiger partial charge in [0.2, 0.25) is 5.89 Å². The summed E-state index contributed by atoms with van der Waals surface area (Å²) in [5, 5.41) is 4.19. The lowest BCUT2D eigenvalue weighted by Crippen LogP contribution is -2.44. The third-order valence-corrected chi connectivity index (χ3v) is 5.32. The maximum absolute atomic E-state index is 6.32. The van der Waals surface area contributed by atoms with Crippen LogP contribution in [0.25, 0.3) is 0 Å². The Morgan fingerprint density at radius 3 is 2.64 bits per heavy atom. The van der Waals surface area contributed by atoms with E-state index in [-0.39, 0.29) is 23.4 Å². The van der Waals surface area contributed by atoms with Gasteiger partial charge >= 0.3 is 0 Å². The predicted molar refractivity (Wildman–Crippen MR) is 87.1 cm³/mol. The number of nitrogens with two attached hydrogens (primary N) is 1. The summed E-state index contributed by atoms with van der Waals surface area (Å²) < 4.78 is 5.64. The van der Waals surface area contributed by atoms with Crippen LogP contribution in [0.4, 0.5) is 0 Å². The maximum Gasteiger partial charge on any atom is 0.237 e. The lowest BCUT2D eigenvalue weighted by atomic mass is 9.71. The quantitative estimate of drug-likeness (QED) is 0.920. The molecule has 2 aromatic rings. The van der Waals surface area contributed by atoms with E-state index in [0.29, 0.717) is 5.82 Å². The van der Waals surface area contributed by atoms with Gasteiger partial charge in [-0.25, -0.2) is 0 Å². The first kappa shape index (κ1) is 15.5. The van der Waals surface area contributed by atoms with Crippen molar-refractivity contribution in [1.82, 2.24) is 10.1 Å². The zero-order valence-electron chi connectivity index (χ0n) is 12.8. The van der Waals surface area contributed by atoms with E-state index in [1.807, 2.05) is 0 Å². The molecule has 4 rings (SSSR count). The lowest BCUT2D eigenvalue weighted by molar-refractivity contribution is 0.227. The topological polar surface area (TPSA) is 64.9 Å². The van der Waals surface area contributed by atoms with Gasteiger partial charge in [0.15, 0.2) is 5.82 Å². The highest BCUT2D eigenvalue weighted by Crippen LogP contribution is 2.43. The minimum atomic E-state index is -0.355. The van der Waals surface area contributed by atoms with Gasteiger partial charge in [0.05, 0.1) is 11.0 Å². The Hall–Kier alpha value is -1.39. The summed E-state index contributed by atoms with van der Waals surface area (Å²) >= 11 is 0. The van der Waals surface area contributed by atoms with Crippen molar-refractivity contribution in [3.05, 3.63) is 47.1 Å². The van der Waals surface area contributed by atoms with Crippen molar-refractivity contribution in [1.29, 1.82) is 0 Å². The Morgan fingerprint density at radius 2 is 1.91 bits per heavy atom. The summed E-state index contributed by atoms with van der Waals surface area (Å²) in [6.07, 6.45) is 6.40. The van der Waals surface area contributed by atoms with Crippen LogP contribution in [0.3, 0.4) is 0 Å². The molecule has 4 nitrogen and oxygen atoms in total. The number of hydrogen-bond donors (Lipinski definition) is 1. The van der Waals surface area contributed by atoms with Crippen LogP contribution < -0.4 is 5.73 Å². The number of nitrogens with zero attached hydrogens (tertiary/aromatic N) is 2. The van der Waals surface area contributed by atoms with Crippen LogP contribution in [0.5, 0.6) is 0 Å². The fraction of sp³-hybridized carbons (Fsp3) is 0.529. The van der Waals surface area contributed by atoms with Crippen molar-refractivity contribution in [2.24, 2.45) is 5.73 Å². The highest BCUT2D eigenvalue weighted by molar-refractivity contribution is 5.85. The zero-order chi connectivity index (χ0) is 14.5. The average Bonchev–Trinajstić information content (AvgIpc) is 2.96. The van der Waals surface area contributed by atoms with Crippen molar-refractivity contribution in [3.63, 3.8) is 0 Å². The van der Waals surface area contributed by atoms with Crippen molar-refractivity contribution < 1.29 is 4.52 Å². The molecule has 1 fully saturated rings. The number of fused-ring (bicyclic) bond motifs is 1. The van der Waals surface area contributed by atoms with Crippen molar-refractivity contribution in [2.45, 2.75) is 56.4 Å². The van der Waals surface area contributed by atoms with E-state index in [4.69, 9.17) is 15.2 Å². The van der Waals surface area contributed by atoms with Crippen LogP contribution >= 0.6 is 12.4 Å². The Labute approximate surface area is 136 Å². The number of aromatic nitrogens is 2. The van der Waals surface area contributed by atoms with Gasteiger partial charge in [0.25, 0.3) is 0 Å². The summed E-state index contributed by atoms with van der Waals surface area (Å²) in [7, 11) is 0. The van der Waals surface area contributed by atoms with E-state index in [1.165, 1.54) is 11.1 Å². The molecule has 118 valence electrons. The van der Waals surface area contributed by atoms with Gasteiger partial charge in [-0.15, -0.1) is 12.4 Å². The summed E-state index contributed by atoms with van der Waals surface area (Å²) in [6.45, 7) is 2.21. The van der Waals surface area contributed by atoms with E-state index in [2.05, 4.69) is 36.3 Å². The molecule has 22 heavy (non-hydrogen) atoms. The second-order valence-electron chi connectivity index (χ2n) is 6.78. The normalized spacial score (nSPS) is 25.7. The van der Waals surface area contributed by atoms with E-state index in [1.54, 1.807) is 0 Å². The average molecular weight is 320 g/mol. The second-order valence-corrected chi connectivity index (χ2v) is 6.78. The van der Waals surface area contributed by atoms with E-state index in [0.717, 1.165) is 44.4 Å². The van der Waals surface area contributed by atoms with Crippen LogP contribution in [-0.2, 0) is 17.4 Å². The monoisotopic (exact) mass is 319 g/mol. The Balaban J connectivity index is 0.00000144. The summed E-state index contributed by atoms with van der Waals surface area (Å²) in [6, 6.07) is 8.60. The minimum Gasteiger partial charge on any atom is -0.338 e. The molecule has 0 aliphatic heterocycles. The summed E-state index contributed by atoms with van der Waals surface area (Å²) in [4.78, 5) is 4.70. The third kappa shape index (κ3) is 2.17. The molecule has 0 amide bonds. The first-order chi connectivity index (χ1) is 10.1. The van der Waals surface area contributed by atoms with Crippen LogP contribution in [-0.4, -0.2) is 10.1 Å². The number of benzene rings is 1. The van der Waals surface area contributed by atoms with Crippen molar-refractivity contribution >= 4 is 12.4 Å². The predicted octanol–water partition coefficient (Wildman–Crippen LogP) is 3.47. The molecule has 1 saturated carbocycles. The van der Waals surface area contributed by atoms with Crippen molar-refractivity contribution in [3.8, 4) is 0 Å². The van der Waals surface area contributed by atoms with Crippen LogP contribution in [0.1, 0.15) is 61.9 Å². The Morgan fingerprint density at radius 1 is 1.14 bits per heavy atom. The van der Waals surface area contributed by atoms with Gasteiger partial charge in [0, 0.05) is 0 Å². The lowest BCUT2D eigenvalue weighted by Gasteiger charge is -2.35. The number of halogens is 1.